The summed E-state index contributed by atoms with van der Waals surface area (Å²) in [6.07, 6.45) is -1.73. The molecule has 0 saturated heterocycles. The number of hydrogen-bond donors (Lipinski definition) is 0. The third-order valence-corrected chi connectivity index (χ3v) is 1.80. The Morgan fingerprint density at radius 3 is 1.80 bits per heavy atom. The van der Waals surface area contributed by atoms with Crippen LogP contribution in [0.2, 0.25) is 0 Å². The van der Waals surface area contributed by atoms with E-state index in [0.717, 1.165) is 6.92 Å². The highest BCUT2D eigenvalue weighted by atomic mass is 19.3. The third-order valence-electron chi connectivity index (χ3n) is 1.80. The summed E-state index contributed by atoms with van der Waals surface area (Å²) in [4.78, 5) is 0. The topological polar surface area (TPSA) is 0 Å². The molecule has 0 fully saturated rings. The van der Waals surface area contributed by atoms with Gasteiger partial charge in [-0.15, -0.1) is 0 Å². The van der Waals surface area contributed by atoms with Gasteiger partial charge in [0.1, 0.15) is 0 Å². The minimum absolute atomic E-state index is 0.307. The van der Waals surface area contributed by atoms with E-state index in [-0.39, 0.29) is 0 Å². The molecule has 0 spiro atoms. The molecule has 0 bridgehead atoms. The van der Waals surface area contributed by atoms with Crippen molar-refractivity contribution >= 4 is 0 Å². The first-order valence-corrected chi connectivity index (χ1v) is 3.44. The second-order valence-electron chi connectivity index (χ2n) is 2.60. The van der Waals surface area contributed by atoms with Crippen LogP contribution in [0.1, 0.15) is 27.2 Å². The van der Waals surface area contributed by atoms with E-state index in [1.54, 1.807) is 6.92 Å². The molecule has 0 saturated carbocycles. The van der Waals surface area contributed by atoms with Gasteiger partial charge >= 0.3 is 0 Å². The lowest BCUT2D eigenvalue weighted by Crippen LogP contribution is -2.34. The molecule has 0 aromatic heterocycles. The lowest BCUT2D eigenvalue weighted by molar-refractivity contribution is -0.108. The van der Waals surface area contributed by atoms with Crippen LogP contribution in [0, 0.1) is 5.92 Å². The van der Waals surface area contributed by atoms with Crippen molar-refractivity contribution in [2.45, 2.75) is 39.3 Å². The van der Waals surface area contributed by atoms with Crippen LogP contribution >= 0.6 is 0 Å². The molecule has 0 amide bonds. The molecular weight excluding hydrogens is 141 g/mol. The van der Waals surface area contributed by atoms with Crippen molar-refractivity contribution in [2.75, 3.05) is 0 Å². The van der Waals surface area contributed by atoms with Crippen LogP contribution in [0.15, 0.2) is 0 Å². The van der Waals surface area contributed by atoms with Gasteiger partial charge < -0.3 is 0 Å². The molecule has 0 aromatic rings. The van der Waals surface area contributed by atoms with E-state index in [9.17, 15) is 13.2 Å². The Morgan fingerprint density at radius 2 is 1.70 bits per heavy atom. The maximum Gasteiger partial charge on any atom is 0.280 e. The molecule has 3 heteroatoms. The van der Waals surface area contributed by atoms with Gasteiger partial charge in [0.25, 0.3) is 5.92 Å². The Hall–Kier alpha value is -0.210. The molecule has 62 valence electrons. The minimum Gasteiger partial charge on any atom is -0.241 e. The van der Waals surface area contributed by atoms with Gasteiger partial charge in [-0.25, -0.2) is 13.2 Å². The van der Waals surface area contributed by atoms with Crippen molar-refractivity contribution in [3.63, 3.8) is 0 Å². The van der Waals surface area contributed by atoms with Gasteiger partial charge in [-0.1, -0.05) is 13.8 Å². The van der Waals surface area contributed by atoms with Crippen LogP contribution in [0.25, 0.3) is 0 Å². The summed E-state index contributed by atoms with van der Waals surface area (Å²) >= 11 is 0. The Morgan fingerprint density at radius 1 is 1.30 bits per heavy atom. The highest BCUT2D eigenvalue weighted by Gasteiger charge is 2.41. The van der Waals surface area contributed by atoms with Crippen molar-refractivity contribution < 1.29 is 13.2 Å². The van der Waals surface area contributed by atoms with E-state index in [4.69, 9.17) is 0 Å². The molecule has 10 heavy (non-hydrogen) atoms. The lowest BCUT2D eigenvalue weighted by atomic mass is 9.98. The van der Waals surface area contributed by atoms with Crippen molar-refractivity contribution in [3.05, 3.63) is 0 Å². The summed E-state index contributed by atoms with van der Waals surface area (Å²) in [7, 11) is 0. The molecule has 0 aliphatic heterocycles. The average molecular weight is 154 g/mol. The van der Waals surface area contributed by atoms with E-state index in [2.05, 4.69) is 0 Å². The van der Waals surface area contributed by atoms with E-state index in [0.29, 0.717) is 6.42 Å². The van der Waals surface area contributed by atoms with Gasteiger partial charge in [-0.3, -0.25) is 0 Å². The molecule has 2 unspecified atom stereocenters. The first kappa shape index (κ1) is 9.79. The van der Waals surface area contributed by atoms with Crippen LogP contribution in [-0.2, 0) is 0 Å². The number of halogens is 3. The summed E-state index contributed by atoms with van der Waals surface area (Å²) in [5.74, 6) is -4.03. The average Bonchev–Trinajstić information content (AvgIpc) is 1.86. The molecule has 0 N–H and O–H groups in total. The molecule has 0 radical (unpaired) electrons. The first-order valence-electron chi connectivity index (χ1n) is 3.44. The van der Waals surface area contributed by atoms with E-state index >= 15 is 0 Å². The molecular formula is C7H13F3. The zero-order chi connectivity index (χ0) is 8.36. The molecule has 0 aromatic carbocycles. The Labute approximate surface area is 59.4 Å². The standard InChI is InChI=1S/C7H13F3/c1-4-5(2)7(9,10)6(3)8/h5-6H,4H2,1-3H3. The fourth-order valence-corrected chi connectivity index (χ4v) is 0.664. The number of alkyl halides is 3. The van der Waals surface area contributed by atoms with Crippen LogP contribution in [0.3, 0.4) is 0 Å². The van der Waals surface area contributed by atoms with Gasteiger partial charge in [-0.2, -0.15) is 0 Å². The molecule has 0 rings (SSSR count). The van der Waals surface area contributed by atoms with Gasteiger partial charge in [0.2, 0.25) is 0 Å². The molecule has 0 aliphatic carbocycles. The second kappa shape index (κ2) is 3.26. The Kier molecular flexibility index (Phi) is 3.19. The second-order valence-corrected chi connectivity index (χ2v) is 2.60. The fourth-order valence-electron chi connectivity index (χ4n) is 0.664. The van der Waals surface area contributed by atoms with Gasteiger partial charge in [-0.05, 0) is 13.3 Å². The molecule has 0 nitrogen and oxygen atoms in total. The summed E-state index contributed by atoms with van der Waals surface area (Å²) in [6.45, 7) is 3.88. The van der Waals surface area contributed by atoms with Crippen molar-refractivity contribution in [3.8, 4) is 0 Å². The monoisotopic (exact) mass is 154 g/mol. The SMILES string of the molecule is CCC(C)C(F)(F)C(C)F. The maximum absolute atomic E-state index is 12.6. The van der Waals surface area contributed by atoms with Crippen molar-refractivity contribution in [1.29, 1.82) is 0 Å². The number of hydrogen-bond acceptors (Lipinski definition) is 0. The maximum atomic E-state index is 12.6. The van der Waals surface area contributed by atoms with Gasteiger partial charge in [0.15, 0.2) is 6.17 Å². The summed E-state index contributed by atoms with van der Waals surface area (Å²) in [5, 5.41) is 0. The highest BCUT2D eigenvalue weighted by molar-refractivity contribution is 4.78. The summed E-state index contributed by atoms with van der Waals surface area (Å²) in [6, 6.07) is 0. The van der Waals surface area contributed by atoms with E-state index in [1.165, 1.54) is 6.92 Å². The smallest absolute Gasteiger partial charge is 0.241 e. The molecule has 0 heterocycles. The van der Waals surface area contributed by atoms with Crippen LogP contribution in [0.5, 0.6) is 0 Å². The fraction of sp³-hybridized carbons (Fsp3) is 1.00. The Bertz CT molecular complexity index is 99.0. The number of rotatable bonds is 3. The minimum atomic E-state index is -3.16. The largest absolute Gasteiger partial charge is 0.280 e. The quantitative estimate of drug-likeness (QED) is 0.586. The predicted octanol–water partition coefficient (Wildman–Crippen LogP) is 3.03. The summed E-state index contributed by atoms with van der Waals surface area (Å²) in [5.41, 5.74) is 0. The van der Waals surface area contributed by atoms with Crippen LogP contribution < -0.4 is 0 Å². The lowest BCUT2D eigenvalue weighted by Gasteiger charge is -2.23. The van der Waals surface area contributed by atoms with E-state index in [1.807, 2.05) is 0 Å². The van der Waals surface area contributed by atoms with Crippen molar-refractivity contribution in [2.24, 2.45) is 5.92 Å². The van der Waals surface area contributed by atoms with E-state index < -0.39 is 18.0 Å². The van der Waals surface area contributed by atoms with Gasteiger partial charge in [0.05, 0.1) is 0 Å². The zero-order valence-electron chi connectivity index (χ0n) is 6.50. The van der Waals surface area contributed by atoms with Crippen LogP contribution in [0.4, 0.5) is 13.2 Å². The zero-order valence-corrected chi connectivity index (χ0v) is 6.50. The molecule has 0 aliphatic rings. The highest BCUT2D eigenvalue weighted by Crippen LogP contribution is 2.31. The first-order chi connectivity index (χ1) is 4.42. The molecule has 2 atom stereocenters. The Balaban J connectivity index is 4.09. The summed E-state index contributed by atoms with van der Waals surface area (Å²) < 4.78 is 37.3. The third kappa shape index (κ3) is 1.89. The normalized spacial score (nSPS) is 18.6. The van der Waals surface area contributed by atoms with Gasteiger partial charge in [0, 0.05) is 5.92 Å². The predicted molar refractivity (Wildman–Crippen MR) is 35.0 cm³/mol. The van der Waals surface area contributed by atoms with Crippen LogP contribution in [-0.4, -0.2) is 12.1 Å². The van der Waals surface area contributed by atoms with Crippen molar-refractivity contribution in [1.82, 2.24) is 0 Å².